The second-order valence-corrected chi connectivity index (χ2v) is 4.56. The Labute approximate surface area is 91.4 Å². The van der Waals surface area contributed by atoms with E-state index in [0.29, 0.717) is 13.2 Å². The third kappa shape index (κ3) is 8.12. The summed E-state index contributed by atoms with van der Waals surface area (Å²) in [4.78, 5) is 21.9. The first-order chi connectivity index (χ1) is 6.87. The topological polar surface area (TPSA) is 55.4 Å². The maximum absolute atomic E-state index is 11.2. The highest BCUT2D eigenvalue weighted by Crippen LogP contribution is 2.18. The Morgan fingerprint density at radius 2 is 1.93 bits per heavy atom. The Balaban J connectivity index is 3.81. The van der Waals surface area contributed by atoms with Crippen LogP contribution in [0.25, 0.3) is 0 Å². The lowest BCUT2D eigenvalue weighted by Gasteiger charge is -2.24. The van der Waals surface area contributed by atoms with Gasteiger partial charge in [-0.05, 0) is 18.8 Å². The van der Waals surface area contributed by atoms with Crippen molar-refractivity contribution >= 4 is 11.7 Å². The van der Waals surface area contributed by atoms with Crippen molar-refractivity contribution in [2.75, 3.05) is 20.3 Å². The van der Waals surface area contributed by atoms with Crippen LogP contribution in [0, 0.1) is 5.41 Å². The van der Waals surface area contributed by atoms with Gasteiger partial charge in [0.05, 0.1) is 6.42 Å². The van der Waals surface area contributed by atoms with Gasteiger partial charge in [0.2, 0.25) is 5.91 Å². The molecule has 0 aliphatic rings. The molecule has 0 aliphatic heterocycles. The number of Topliss-reactive ketones (excluding diaryl/α,β-unsaturated/α-hetero) is 1. The van der Waals surface area contributed by atoms with E-state index >= 15 is 0 Å². The Kier molecular flexibility index (Phi) is 6.17. The highest BCUT2D eigenvalue weighted by molar-refractivity contribution is 5.96. The maximum Gasteiger partial charge on any atom is 0.227 e. The smallest absolute Gasteiger partial charge is 0.227 e. The van der Waals surface area contributed by atoms with Crippen LogP contribution in [0.5, 0.6) is 0 Å². The van der Waals surface area contributed by atoms with Gasteiger partial charge in [0.1, 0.15) is 5.78 Å². The second-order valence-electron chi connectivity index (χ2n) is 4.56. The van der Waals surface area contributed by atoms with Crippen molar-refractivity contribution in [3.05, 3.63) is 0 Å². The molecule has 0 bridgehead atoms. The Morgan fingerprint density at radius 1 is 1.33 bits per heavy atom. The van der Waals surface area contributed by atoms with E-state index in [9.17, 15) is 9.59 Å². The molecule has 1 N–H and O–H groups in total. The molecule has 0 aromatic rings. The van der Waals surface area contributed by atoms with Gasteiger partial charge in [0.25, 0.3) is 0 Å². The minimum atomic E-state index is -0.201. The lowest BCUT2D eigenvalue weighted by molar-refractivity contribution is -0.127. The number of nitrogens with one attached hydrogen (secondary N) is 1. The number of ketones is 1. The highest BCUT2D eigenvalue weighted by Gasteiger charge is 2.18. The maximum atomic E-state index is 11.2. The zero-order chi connectivity index (χ0) is 11.9. The first-order valence-corrected chi connectivity index (χ1v) is 5.12. The van der Waals surface area contributed by atoms with E-state index in [1.807, 2.05) is 0 Å². The van der Waals surface area contributed by atoms with E-state index in [1.54, 1.807) is 7.11 Å². The monoisotopic (exact) mass is 215 g/mol. The summed E-state index contributed by atoms with van der Waals surface area (Å²) in [6, 6.07) is 0. The summed E-state index contributed by atoms with van der Waals surface area (Å²) in [6.45, 7) is 6.77. The molecule has 0 heterocycles. The number of ether oxygens (including phenoxy) is 1. The molecule has 0 aromatic carbocycles. The predicted molar refractivity (Wildman–Crippen MR) is 58.6 cm³/mol. The summed E-state index contributed by atoms with van der Waals surface area (Å²) < 4.78 is 4.98. The van der Waals surface area contributed by atoms with Gasteiger partial charge >= 0.3 is 0 Å². The molecule has 0 aromatic heterocycles. The average molecular weight is 215 g/mol. The molecule has 0 unspecified atom stereocenters. The van der Waals surface area contributed by atoms with E-state index in [4.69, 9.17) is 4.74 Å². The summed E-state index contributed by atoms with van der Waals surface area (Å²) in [5.41, 5.74) is 0.00244. The number of carbonyl (C=O) groups is 2. The predicted octanol–water partition coefficient (Wildman–Crippen LogP) is 1.14. The molecule has 15 heavy (non-hydrogen) atoms. The molecule has 0 saturated carbocycles. The number of hydrogen-bond donors (Lipinski definition) is 1. The number of hydrogen-bond acceptors (Lipinski definition) is 3. The van der Waals surface area contributed by atoms with Crippen LogP contribution >= 0.6 is 0 Å². The van der Waals surface area contributed by atoms with E-state index in [0.717, 1.165) is 6.42 Å². The second kappa shape index (κ2) is 6.56. The average Bonchev–Trinajstić information content (AvgIpc) is 2.11. The van der Waals surface area contributed by atoms with Crippen molar-refractivity contribution < 1.29 is 14.3 Å². The van der Waals surface area contributed by atoms with Crippen LogP contribution in [-0.4, -0.2) is 32.0 Å². The van der Waals surface area contributed by atoms with Gasteiger partial charge in [0, 0.05) is 20.3 Å². The van der Waals surface area contributed by atoms with Crippen LogP contribution in [0.2, 0.25) is 0 Å². The lowest BCUT2D eigenvalue weighted by Crippen LogP contribution is -2.35. The molecule has 0 rings (SSSR count). The molecular weight excluding hydrogens is 194 g/mol. The number of rotatable bonds is 7. The van der Waals surface area contributed by atoms with Crippen LogP contribution in [0.1, 0.15) is 33.6 Å². The fraction of sp³-hybridized carbons (Fsp3) is 0.818. The standard InChI is InChI=1S/C11H21NO3/c1-9(13)7-10(14)12-8-11(2,3)5-6-15-4/h5-8H2,1-4H3,(H,12,14). The summed E-state index contributed by atoms with van der Waals surface area (Å²) in [6.07, 6.45) is 0.851. The number of amides is 1. The Bertz CT molecular complexity index is 224. The van der Waals surface area contributed by atoms with Crippen LogP contribution < -0.4 is 5.32 Å². The molecule has 0 aliphatic carbocycles. The molecule has 1 amide bonds. The molecule has 4 nitrogen and oxygen atoms in total. The number of carbonyl (C=O) groups excluding carboxylic acids is 2. The minimum Gasteiger partial charge on any atom is -0.385 e. The fourth-order valence-corrected chi connectivity index (χ4v) is 1.09. The van der Waals surface area contributed by atoms with Gasteiger partial charge in [-0.25, -0.2) is 0 Å². The van der Waals surface area contributed by atoms with Crippen LogP contribution in [0.3, 0.4) is 0 Å². The summed E-state index contributed by atoms with van der Waals surface area (Å²) in [5.74, 6) is -0.310. The van der Waals surface area contributed by atoms with Crippen molar-refractivity contribution in [3.63, 3.8) is 0 Å². The molecule has 0 atom stereocenters. The normalized spacial score (nSPS) is 11.2. The lowest BCUT2D eigenvalue weighted by atomic mass is 9.89. The zero-order valence-electron chi connectivity index (χ0n) is 10.1. The van der Waals surface area contributed by atoms with Gasteiger partial charge in [-0.2, -0.15) is 0 Å². The minimum absolute atomic E-state index is 0.00244. The Hall–Kier alpha value is -0.900. The molecule has 0 saturated heterocycles. The summed E-state index contributed by atoms with van der Waals surface area (Å²) >= 11 is 0. The highest BCUT2D eigenvalue weighted by atomic mass is 16.5. The molecular formula is C11H21NO3. The summed E-state index contributed by atoms with van der Waals surface area (Å²) in [7, 11) is 1.66. The first kappa shape index (κ1) is 14.1. The third-order valence-corrected chi connectivity index (χ3v) is 2.16. The fourth-order valence-electron chi connectivity index (χ4n) is 1.09. The van der Waals surface area contributed by atoms with E-state index in [2.05, 4.69) is 19.2 Å². The van der Waals surface area contributed by atoms with Crippen LogP contribution in [0.15, 0.2) is 0 Å². The molecule has 4 heteroatoms. The quantitative estimate of drug-likeness (QED) is 0.648. The van der Waals surface area contributed by atoms with Gasteiger partial charge in [0.15, 0.2) is 0 Å². The zero-order valence-corrected chi connectivity index (χ0v) is 10.1. The van der Waals surface area contributed by atoms with Crippen molar-refractivity contribution in [3.8, 4) is 0 Å². The van der Waals surface area contributed by atoms with Crippen molar-refractivity contribution in [2.45, 2.75) is 33.6 Å². The van der Waals surface area contributed by atoms with Gasteiger partial charge in [-0.3, -0.25) is 9.59 Å². The first-order valence-electron chi connectivity index (χ1n) is 5.12. The molecule has 0 radical (unpaired) electrons. The molecule has 88 valence electrons. The van der Waals surface area contributed by atoms with Gasteiger partial charge < -0.3 is 10.1 Å². The van der Waals surface area contributed by atoms with Crippen molar-refractivity contribution in [1.82, 2.24) is 5.32 Å². The van der Waals surface area contributed by atoms with E-state index in [1.165, 1.54) is 6.92 Å². The summed E-state index contributed by atoms with van der Waals surface area (Å²) in [5, 5.41) is 2.75. The SMILES string of the molecule is COCCC(C)(C)CNC(=O)CC(C)=O. The van der Waals surface area contributed by atoms with E-state index < -0.39 is 0 Å². The Morgan fingerprint density at radius 3 is 2.40 bits per heavy atom. The molecule has 0 spiro atoms. The van der Waals surface area contributed by atoms with Gasteiger partial charge in [-0.1, -0.05) is 13.8 Å². The van der Waals surface area contributed by atoms with Crippen LogP contribution in [0.4, 0.5) is 0 Å². The third-order valence-electron chi connectivity index (χ3n) is 2.16. The van der Waals surface area contributed by atoms with Crippen molar-refractivity contribution in [2.24, 2.45) is 5.41 Å². The number of methoxy groups -OCH3 is 1. The largest absolute Gasteiger partial charge is 0.385 e. The van der Waals surface area contributed by atoms with Gasteiger partial charge in [-0.15, -0.1) is 0 Å². The van der Waals surface area contributed by atoms with Crippen molar-refractivity contribution in [1.29, 1.82) is 0 Å². The molecule has 0 fully saturated rings. The van der Waals surface area contributed by atoms with E-state index in [-0.39, 0.29) is 23.5 Å². The van der Waals surface area contributed by atoms with Crippen LogP contribution in [-0.2, 0) is 14.3 Å².